The first kappa shape index (κ1) is 17.8. The van der Waals surface area contributed by atoms with E-state index in [4.69, 9.17) is 36.4 Å². The molecule has 0 aliphatic carbocycles. The van der Waals surface area contributed by atoms with Gasteiger partial charge in [-0.2, -0.15) is 0 Å². The second-order valence-electron chi connectivity index (χ2n) is 2.87. The zero-order valence-corrected chi connectivity index (χ0v) is 8.68. The summed E-state index contributed by atoms with van der Waals surface area (Å²) in [7, 11) is 0. The van der Waals surface area contributed by atoms with Crippen molar-refractivity contribution in [1.29, 1.82) is 0 Å². The second-order valence-corrected chi connectivity index (χ2v) is 2.87. The van der Waals surface area contributed by atoms with Gasteiger partial charge in [0.05, 0.1) is 13.2 Å². The van der Waals surface area contributed by atoms with Gasteiger partial charge in [0.1, 0.15) is 24.4 Å². The summed E-state index contributed by atoms with van der Waals surface area (Å²) in [5.74, 6) is 0. The van der Waals surface area contributed by atoms with Crippen LogP contribution >= 0.6 is 0 Å². The molecule has 0 saturated heterocycles. The summed E-state index contributed by atoms with van der Waals surface area (Å²) in [5.41, 5.74) is 4.78. The van der Waals surface area contributed by atoms with Crippen LogP contribution in [0.15, 0.2) is 0 Å². The van der Waals surface area contributed by atoms with E-state index in [1.54, 1.807) is 0 Å². The van der Waals surface area contributed by atoms with E-state index in [0.29, 0.717) is 6.54 Å². The molecule has 0 aliphatic heterocycles. The van der Waals surface area contributed by atoms with Crippen molar-refractivity contribution in [2.75, 3.05) is 19.8 Å². The molecular weight excluding hydrogens is 222 g/mol. The molecule has 0 aromatic carbocycles. The van der Waals surface area contributed by atoms with Gasteiger partial charge in [-0.1, -0.05) is 0 Å². The van der Waals surface area contributed by atoms with Crippen LogP contribution in [0.5, 0.6) is 0 Å². The minimum atomic E-state index is -1.79. The fourth-order valence-electron chi connectivity index (χ4n) is 0.618. The lowest BCUT2D eigenvalue weighted by Crippen LogP contribution is -2.46. The van der Waals surface area contributed by atoms with E-state index >= 15 is 0 Å². The van der Waals surface area contributed by atoms with Crippen molar-refractivity contribution in [2.45, 2.75) is 24.4 Å². The second kappa shape index (κ2) is 10.9. The Morgan fingerprint density at radius 2 is 1.50 bits per heavy atom. The number of aliphatic hydroxyl groups is 6. The van der Waals surface area contributed by atoms with Gasteiger partial charge < -0.3 is 41.2 Å². The van der Waals surface area contributed by atoms with E-state index in [2.05, 4.69) is 0 Å². The molecule has 8 N–H and O–H groups in total. The zero-order chi connectivity index (χ0) is 13.1. The molecule has 8 heteroatoms. The highest BCUT2D eigenvalue weighted by molar-refractivity contribution is 5.56. The van der Waals surface area contributed by atoms with Crippen molar-refractivity contribution in [2.24, 2.45) is 5.73 Å². The minimum absolute atomic E-state index is 0.0258. The molecule has 0 unspecified atom stereocenters. The maximum atomic E-state index is 9.90. The first-order valence-corrected chi connectivity index (χ1v) is 4.55. The summed E-state index contributed by atoms with van der Waals surface area (Å²) in [6.45, 7) is -0.288. The van der Waals surface area contributed by atoms with Gasteiger partial charge in [-0.25, -0.2) is 0 Å². The van der Waals surface area contributed by atoms with Crippen molar-refractivity contribution in [3.8, 4) is 0 Å². The van der Waals surface area contributed by atoms with Crippen molar-refractivity contribution in [1.82, 2.24) is 0 Å². The minimum Gasteiger partial charge on any atom is -0.395 e. The summed E-state index contributed by atoms with van der Waals surface area (Å²) < 4.78 is 0. The fraction of sp³-hybridized carbons (Fsp3) is 0.875. The molecule has 98 valence electrons. The SMILES string of the molecule is NCCO.O=C[C@H](O)[C@@H](O)[C@H](O)[C@H](O)CO. The van der Waals surface area contributed by atoms with E-state index in [0.717, 1.165) is 0 Å². The summed E-state index contributed by atoms with van der Waals surface area (Å²) in [6.07, 6.45) is -6.84. The maximum absolute atomic E-state index is 9.90. The largest absolute Gasteiger partial charge is 0.395 e. The molecule has 0 amide bonds. The zero-order valence-electron chi connectivity index (χ0n) is 8.68. The topological polar surface area (TPSA) is 164 Å². The smallest absolute Gasteiger partial charge is 0.151 e. The molecule has 0 aliphatic rings. The quantitative estimate of drug-likeness (QED) is 0.229. The monoisotopic (exact) mass is 241 g/mol. The average Bonchev–Trinajstić information content (AvgIpc) is 2.34. The van der Waals surface area contributed by atoms with Gasteiger partial charge in [0.15, 0.2) is 6.29 Å². The van der Waals surface area contributed by atoms with Crippen LogP contribution in [0, 0.1) is 0 Å². The van der Waals surface area contributed by atoms with Crippen LogP contribution in [-0.2, 0) is 4.79 Å². The van der Waals surface area contributed by atoms with Crippen LogP contribution in [0.3, 0.4) is 0 Å². The van der Waals surface area contributed by atoms with E-state index in [-0.39, 0.29) is 12.9 Å². The highest BCUT2D eigenvalue weighted by Gasteiger charge is 2.29. The Bertz CT molecular complexity index is 166. The Balaban J connectivity index is 0. The number of hydrogen-bond donors (Lipinski definition) is 7. The molecule has 0 rings (SSSR count). The molecular formula is C8H19NO7. The van der Waals surface area contributed by atoms with E-state index in [1.165, 1.54) is 0 Å². The van der Waals surface area contributed by atoms with Crippen LogP contribution in [0.4, 0.5) is 0 Å². The molecule has 0 saturated carbocycles. The van der Waals surface area contributed by atoms with Gasteiger partial charge in [0.25, 0.3) is 0 Å². The highest BCUT2D eigenvalue weighted by Crippen LogP contribution is 2.02. The first-order valence-electron chi connectivity index (χ1n) is 4.55. The lowest BCUT2D eigenvalue weighted by atomic mass is 10.0. The van der Waals surface area contributed by atoms with Crippen LogP contribution in [0.2, 0.25) is 0 Å². The molecule has 0 radical (unpaired) electrons. The molecule has 8 nitrogen and oxygen atoms in total. The molecule has 16 heavy (non-hydrogen) atoms. The Labute approximate surface area is 92.6 Å². The lowest BCUT2D eigenvalue weighted by Gasteiger charge is -2.22. The summed E-state index contributed by atoms with van der Waals surface area (Å²) >= 11 is 0. The Kier molecular flexibility index (Phi) is 12.1. The third-order valence-corrected chi connectivity index (χ3v) is 1.55. The van der Waals surface area contributed by atoms with Gasteiger partial charge >= 0.3 is 0 Å². The summed E-state index contributed by atoms with van der Waals surface area (Å²) in [4.78, 5) is 9.90. The predicted molar refractivity (Wildman–Crippen MR) is 53.3 cm³/mol. The number of carbonyl (C=O) groups is 1. The fourth-order valence-corrected chi connectivity index (χ4v) is 0.618. The van der Waals surface area contributed by atoms with E-state index in [9.17, 15) is 4.79 Å². The molecule has 0 fully saturated rings. The molecule has 0 aromatic heterocycles. The third-order valence-electron chi connectivity index (χ3n) is 1.55. The number of hydrogen-bond acceptors (Lipinski definition) is 8. The normalized spacial score (nSPS) is 17.7. The van der Waals surface area contributed by atoms with Crippen LogP contribution in [0.1, 0.15) is 0 Å². The van der Waals surface area contributed by atoms with E-state index in [1.807, 2.05) is 0 Å². The molecule has 0 heterocycles. The Morgan fingerprint density at radius 1 is 1.06 bits per heavy atom. The van der Waals surface area contributed by atoms with Crippen molar-refractivity contribution < 1.29 is 35.4 Å². The average molecular weight is 241 g/mol. The van der Waals surface area contributed by atoms with Crippen LogP contribution < -0.4 is 5.73 Å². The number of rotatable bonds is 6. The van der Waals surface area contributed by atoms with Crippen LogP contribution in [0.25, 0.3) is 0 Å². The van der Waals surface area contributed by atoms with Gasteiger partial charge in [-0.3, -0.25) is 0 Å². The van der Waals surface area contributed by atoms with Gasteiger partial charge in [-0.15, -0.1) is 0 Å². The molecule has 0 bridgehead atoms. The third kappa shape index (κ3) is 7.65. The predicted octanol–water partition coefficient (Wildman–Crippen LogP) is -4.44. The number of nitrogens with two attached hydrogens (primary N) is 1. The van der Waals surface area contributed by atoms with Gasteiger partial charge in [0.2, 0.25) is 0 Å². The van der Waals surface area contributed by atoms with Gasteiger partial charge in [0, 0.05) is 6.54 Å². The maximum Gasteiger partial charge on any atom is 0.151 e. The number of carbonyl (C=O) groups excluding carboxylic acids is 1. The standard InChI is InChI=1S/C6H12O6.C2H7NO/c7-1-3(9)5(11)6(12)4(10)2-8;3-1-2-4/h1,3-6,8-12H,2H2;4H,1-3H2/t3-,4+,5+,6+;/m0./s1. The summed E-state index contributed by atoms with van der Waals surface area (Å²) in [6, 6.07) is 0. The van der Waals surface area contributed by atoms with E-state index < -0.39 is 31.0 Å². The summed E-state index contributed by atoms with van der Waals surface area (Å²) in [5, 5.41) is 51.3. The highest BCUT2D eigenvalue weighted by atomic mass is 16.4. The molecule has 4 atom stereocenters. The molecule has 0 spiro atoms. The lowest BCUT2D eigenvalue weighted by molar-refractivity contribution is -0.136. The first-order chi connectivity index (χ1) is 7.45. The Morgan fingerprint density at radius 3 is 1.75 bits per heavy atom. The Hall–Kier alpha value is -0.610. The number of aldehydes is 1. The molecule has 0 aromatic rings. The van der Waals surface area contributed by atoms with Crippen molar-refractivity contribution in [3.05, 3.63) is 0 Å². The number of aliphatic hydroxyl groups excluding tert-OH is 6. The van der Waals surface area contributed by atoms with Crippen LogP contribution in [-0.4, -0.2) is 81.1 Å². The van der Waals surface area contributed by atoms with Crippen molar-refractivity contribution >= 4 is 6.29 Å². The van der Waals surface area contributed by atoms with Crippen molar-refractivity contribution in [3.63, 3.8) is 0 Å². The van der Waals surface area contributed by atoms with Gasteiger partial charge in [-0.05, 0) is 0 Å².